The monoisotopic (exact) mass is 367 g/mol. The summed E-state index contributed by atoms with van der Waals surface area (Å²) in [5.74, 6) is 0.0967. The second kappa shape index (κ2) is 7.31. The molecule has 4 rings (SSSR count). The quantitative estimate of drug-likeness (QED) is 0.646. The van der Waals surface area contributed by atoms with Crippen molar-refractivity contribution in [1.29, 1.82) is 0 Å². The average Bonchev–Trinajstić information content (AvgIpc) is 3.23. The molecule has 6 heteroatoms. The molecule has 142 valence electrons. The van der Waals surface area contributed by atoms with Crippen LogP contribution in [0.4, 0.5) is 0 Å². The minimum Gasteiger partial charge on any atom is -0.508 e. The standard InChI is InChI=1S/C21H25N3O3/c1-2-13-7-9-14(10-8-13)20-17-18(15-5-3-4-6-16(15)26)22-23-19(17)21(27)24(20)11-12-25/h3-10,17-20,22-23,25-26H,2,11-12H2,1H3. The summed E-state index contributed by atoms with van der Waals surface area (Å²) in [6, 6.07) is 14.8. The first-order valence-corrected chi connectivity index (χ1v) is 9.44. The van der Waals surface area contributed by atoms with Crippen molar-refractivity contribution >= 4 is 5.91 Å². The molecule has 2 aromatic carbocycles. The maximum absolute atomic E-state index is 13.0. The molecule has 0 bridgehead atoms. The van der Waals surface area contributed by atoms with Crippen LogP contribution in [-0.4, -0.2) is 40.2 Å². The molecular weight excluding hydrogens is 342 g/mol. The van der Waals surface area contributed by atoms with Gasteiger partial charge in [-0.05, 0) is 23.6 Å². The molecule has 0 saturated carbocycles. The molecule has 2 heterocycles. The molecule has 0 aliphatic carbocycles. The van der Waals surface area contributed by atoms with Crippen LogP contribution in [0.15, 0.2) is 48.5 Å². The number of hydrazine groups is 1. The molecule has 4 unspecified atom stereocenters. The summed E-state index contributed by atoms with van der Waals surface area (Å²) in [6.45, 7) is 2.33. The molecular formula is C21H25N3O3. The molecule has 1 amide bonds. The summed E-state index contributed by atoms with van der Waals surface area (Å²) in [6.07, 6.45) is 0.958. The van der Waals surface area contributed by atoms with Gasteiger partial charge in [0.15, 0.2) is 0 Å². The number of phenols is 1. The summed E-state index contributed by atoms with van der Waals surface area (Å²) in [5.41, 5.74) is 9.39. The number of carbonyl (C=O) groups excluding carboxylic acids is 1. The van der Waals surface area contributed by atoms with E-state index in [0.717, 1.165) is 17.5 Å². The first kappa shape index (κ1) is 18.0. The Balaban J connectivity index is 1.76. The van der Waals surface area contributed by atoms with Gasteiger partial charge in [-0.3, -0.25) is 4.79 Å². The molecule has 2 fully saturated rings. The van der Waals surface area contributed by atoms with Crippen LogP contribution in [0.25, 0.3) is 0 Å². The molecule has 2 aliphatic rings. The number of aliphatic hydroxyl groups is 1. The molecule has 4 atom stereocenters. The highest BCUT2D eigenvalue weighted by molar-refractivity contribution is 5.86. The number of phenolic OH excluding ortho intramolecular Hbond substituents is 1. The molecule has 0 spiro atoms. The Labute approximate surface area is 158 Å². The lowest BCUT2D eigenvalue weighted by Crippen LogP contribution is -2.42. The van der Waals surface area contributed by atoms with Crippen LogP contribution in [0.3, 0.4) is 0 Å². The number of benzene rings is 2. The van der Waals surface area contributed by atoms with Crippen molar-refractivity contribution in [3.63, 3.8) is 0 Å². The van der Waals surface area contributed by atoms with Gasteiger partial charge in [-0.1, -0.05) is 49.4 Å². The van der Waals surface area contributed by atoms with Crippen molar-refractivity contribution < 1.29 is 15.0 Å². The number of nitrogens with one attached hydrogen (secondary N) is 2. The van der Waals surface area contributed by atoms with Gasteiger partial charge in [0.2, 0.25) is 5.91 Å². The normalized spacial score (nSPS) is 27.2. The van der Waals surface area contributed by atoms with E-state index in [1.807, 2.05) is 12.1 Å². The van der Waals surface area contributed by atoms with E-state index in [-0.39, 0.29) is 36.3 Å². The zero-order valence-corrected chi connectivity index (χ0v) is 15.3. The second-order valence-corrected chi connectivity index (χ2v) is 7.18. The third kappa shape index (κ3) is 3.00. The minimum absolute atomic E-state index is 0.0240. The predicted molar refractivity (Wildman–Crippen MR) is 102 cm³/mol. The van der Waals surface area contributed by atoms with Crippen LogP contribution < -0.4 is 10.9 Å². The third-order valence-electron chi connectivity index (χ3n) is 5.76. The molecule has 2 aliphatic heterocycles. The molecule has 2 saturated heterocycles. The van der Waals surface area contributed by atoms with Crippen LogP contribution in [-0.2, 0) is 11.2 Å². The van der Waals surface area contributed by atoms with Crippen LogP contribution in [0.5, 0.6) is 5.75 Å². The summed E-state index contributed by atoms with van der Waals surface area (Å²) >= 11 is 0. The van der Waals surface area contributed by atoms with E-state index in [9.17, 15) is 15.0 Å². The van der Waals surface area contributed by atoms with E-state index < -0.39 is 6.04 Å². The predicted octanol–water partition coefficient (Wildman–Crippen LogP) is 1.66. The van der Waals surface area contributed by atoms with Crippen molar-refractivity contribution in [2.75, 3.05) is 13.2 Å². The van der Waals surface area contributed by atoms with Crippen molar-refractivity contribution in [2.45, 2.75) is 31.5 Å². The van der Waals surface area contributed by atoms with Gasteiger partial charge in [0, 0.05) is 18.0 Å². The highest BCUT2D eigenvalue weighted by atomic mass is 16.3. The number of para-hydroxylation sites is 1. The number of aromatic hydroxyl groups is 1. The van der Waals surface area contributed by atoms with E-state index in [0.29, 0.717) is 6.54 Å². The highest BCUT2D eigenvalue weighted by Crippen LogP contribution is 2.48. The van der Waals surface area contributed by atoms with Crippen molar-refractivity contribution in [1.82, 2.24) is 15.8 Å². The average molecular weight is 367 g/mol. The van der Waals surface area contributed by atoms with Gasteiger partial charge in [-0.15, -0.1) is 0 Å². The number of fused-ring (bicyclic) bond motifs is 1. The molecule has 0 aromatic heterocycles. The van der Waals surface area contributed by atoms with Gasteiger partial charge in [-0.25, -0.2) is 10.9 Å². The molecule has 6 nitrogen and oxygen atoms in total. The lowest BCUT2D eigenvalue weighted by Gasteiger charge is -2.31. The van der Waals surface area contributed by atoms with E-state index in [2.05, 4.69) is 42.0 Å². The van der Waals surface area contributed by atoms with Crippen LogP contribution in [0.2, 0.25) is 0 Å². The molecule has 2 aromatic rings. The Morgan fingerprint density at radius 1 is 1.04 bits per heavy atom. The van der Waals surface area contributed by atoms with Crippen molar-refractivity contribution in [3.05, 3.63) is 65.2 Å². The Morgan fingerprint density at radius 2 is 1.74 bits per heavy atom. The molecule has 27 heavy (non-hydrogen) atoms. The number of hydrogen-bond donors (Lipinski definition) is 4. The van der Waals surface area contributed by atoms with Crippen LogP contribution in [0.1, 0.15) is 35.7 Å². The fraction of sp³-hybridized carbons (Fsp3) is 0.381. The third-order valence-corrected chi connectivity index (χ3v) is 5.76. The van der Waals surface area contributed by atoms with Crippen LogP contribution >= 0.6 is 0 Å². The number of carbonyl (C=O) groups is 1. The summed E-state index contributed by atoms with van der Waals surface area (Å²) in [7, 11) is 0. The molecule has 4 N–H and O–H groups in total. The number of hydrogen-bond acceptors (Lipinski definition) is 5. The largest absolute Gasteiger partial charge is 0.508 e. The summed E-state index contributed by atoms with van der Waals surface area (Å²) in [4.78, 5) is 14.8. The van der Waals surface area contributed by atoms with Crippen molar-refractivity contribution in [2.24, 2.45) is 5.92 Å². The lowest BCUT2D eigenvalue weighted by atomic mass is 9.83. The summed E-state index contributed by atoms with van der Waals surface area (Å²) < 4.78 is 0. The highest BCUT2D eigenvalue weighted by Gasteiger charge is 2.55. The van der Waals surface area contributed by atoms with Gasteiger partial charge in [0.05, 0.1) is 18.7 Å². The van der Waals surface area contributed by atoms with E-state index >= 15 is 0 Å². The van der Waals surface area contributed by atoms with E-state index in [1.54, 1.807) is 17.0 Å². The number of aryl methyl sites for hydroxylation is 1. The minimum atomic E-state index is -0.392. The maximum atomic E-state index is 13.0. The van der Waals surface area contributed by atoms with Crippen molar-refractivity contribution in [3.8, 4) is 5.75 Å². The molecule has 0 radical (unpaired) electrons. The zero-order chi connectivity index (χ0) is 19.0. The first-order chi connectivity index (χ1) is 13.2. The lowest BCUT2D eigenvalue weighted by molar-refractivity contribution is -0.131. The number of amides is 1. The van der Waals surface area contributed by atoms with Gasteiger partial charge >= 0.3 is 0 Å². The Hall–Kier alpha value is -2.41. The number of rotatable bonds is 5. The van der Waals surface area contributed by atoms with Gasteiger partial charge in [0.25, 0.3) is 0 Å². The SMILES string of the molecule is CCc1ccc(C2C3C(NNC3c3ccccc3O)C(=O)N2CCO)cc1. The Bertz CT molecular complexity index is 824. The topological polar surface area (TPSA) is 84.8 Å². The summed E-state index contributed by atoms with van der Waals surface area (Å²) in [5, 5.41) is 19.9. The number of nitrogens with zero attached hydrogens (tertiary/aromatic N) is 1. The number of likely N-dealkylation sites (tertiary alicyclic amines) is 1. The Morgan fingerprint density at radius 3 is 2.41 bits per heavy atom. The van der Waals surface area contributed by atoms with Gasteiger partial charge < -0.3 is 15.1 Å². The van der Waals surface area contributed by atoms with E-state index in [1.165, 1.54) is 5.56 Å². The number of aliphatic hydroxyl groups excluding tert-OH is 1. The Kier molecular flexibility index (Phi) is 4.86. The fourth-order valence-corrected chi connectivity index (χ4v) is 4.42. The zero-order valence-electron chi connectivity index (χ0n) is 15.3. The van der Waals surface area contributed by atoms with Crippen LogP contribution in [0, 0.1) is 5.92 Å². The fourth-order valence-electron chi connectivity index (χ4n) is 4.42. The van der Waals surface area contributed by atoms with Gasteiger partial charge in [0.1, 0.15) is 11.8 Å². The van der Waals surface area contributed by atoms with Gasteiger partial charge in [-0.2, -0.15) is 0 Å². The first-order valence-electron chi connectivity index (χ1n) is 9.44. The maximum Gasteiger partial charge on any atom is 0.242 e. The van der Waals surface area contributed by atoms with E-state index in [4.69, 9.17) is 0 Å². The number of β-amino-alcohol motifs (C(OH)–C–C–N with tert-alkyl or cyclic N) is 1. The second-order valence-electron chi connectivity index (χ2n) is 7.18. The smallest absolute Gasteiger partial charge is 0.242 e.